The van der Waals surface area contributed by atoms with Crippen molar-refractivity contribution >= 4 is 21.6 Å². The van der Waals surface area contributed by atoms with Crippen LogP contribution in [0.25, 0.3) is 0 Å². The summed E-state index contributed by atoms with van der Waals surface area (Å²) in [6.07, 6.45) is 0. The smallest absolute Gasteiger partial charge is 0.255 e. The molecule has 0 aliphatic carbocycles. The van der Waals surface area contributed by atoms with Crippen LogP contribution >= 0.6 is 0 Å². The fourth-order valence-electron chi connectivity index (χ4n) is 2.74. The highest BCUT2D eigenvalue weighted by atomic mass is 32.2. The molecule has 2 aromatic rings. The Kier molecular flexibility index (Phi) is 6.41. The van der Waals surface area contributed by atoms with Crippen LogP contribution in [-0.2, 0) is 16.6 Å². The number of nitrogens with zero attached hydrogens (tertiary/aromatic N) is 2. The zero-order chi connectivity index (χ0) is 20.4. The van der Waals surface area contributed by atoms with Gasteiger partial charge in [-0.3, -0.25) is 4.79 Å². The Morgan fingerprint density at radius 3 is 2.30 bits per heavy atom. The van der Waals surface area contributed by atoms with Crippen LogP contribution in [0.15, 0.2) is 41.3 Å². The topological polar surface area (TPSA) is 69.7 Å². The summed E-state index contributed by atoms with van der Waals surface area (Å²) >= 11 is 0. The summed E-state index contributed by atoms with van der Waals surface area (Å²) < 4.78 is 26.3. The van der Waals surface area contributed by atoms with Gasteiger partial charge in [-0.1, -0.05) is 12.1 Å². The number of aryl methyl sites for hydroxylation is 1. The minimum Gasteiger partial charge on any atom is -0.322 e. The van der Waals surface area contributed by atoms with Crippen molar-refractivity contribution in [2.75, 3.05) is 33.5 Å². The van der Waals surface area contributed by atoms with Gasteiger partial charge in [-0.15, -0.1) is 0 Å². The first-order valence-electron chi connectivity index (χ1n) is 8.61. The minimum absolute atomic E-state index is 0.152. The molecule has 1 N–H and O–H groups in total. The van der Waals surface area contributed by atoms with Crippen LogP contribution in [-0.4, -0.2) is 51.7 Å². The molecule has 0 radical (unpaired) electrons. The van der Waals surface area contributed by atoms with Crippen LogP contribution < -0.4 is 5.32 Å². The van der Waals surface area contributed by atoms with E-state index in [1.54, 1.807) is 19.9 Å². The second-order valence-electron chi connectivity index (χ2n) is 7.10. The Hall–Kier alpha value is -2.22. The second-order valence-corrected chi connectivity index (χ2v) is 9.22. The van der Waals surface area contributed by atoms with E-state index in [1.807, 2.05) is 43.3 Å². The van der Waals surface area contributed by atoms with Crippen molar-refractivity contribution in [3.63, 3.8) is 0 Å². The van der Waals surface area contributed by atoms with Crippen molar-refractivity contribution in [1.82, 2.24) is 9.21 Å². The summed E-state index contributed by atoms with van der Waals surface area (Å²) in [5.74, 6) is -0.338. The van der Waals surface area contributed by atoms with Gasteiger partial charge in [-0.05, 0) is 68.9 Å². The minimum atomic E-state index is -3.63. The number of sulfonamides is 1. The fraction of sp³-hybridized carbons (Fsp3) is 0.350. The average Bonchev–Trinajstić information content (AvgIpc) is 2.56. The molecule has 7 heteroatoms. The first kappa shape index (κ1) is 21.1. The molecule has 0 saturated carbocycles. The van der Waals surface area contributed by atoms with Crippen molar-refractivity contribution in [2.24, 2.45) is 0 Å². The van der Waals surface area contributed by atoms with E-state index in [1.165, 1.54) is 20.2 Å². The molecule has 1 amide bonds. The van der Waals surface area contributed by atoms with Gasteiger partial charge in [0.2, 0.25) is 10.0 Å². The molecule has 2 rings (SSSR count). The SMILES string of the molecule is Cc1cc(C(=O)Nc2cccc(CN(C)C)c2)cc(S(=O)(=O)N(C)C)c1C. The van der Waals surface area contributed by atoms with E-state index >= 15 is 0 Å². The lowest BCUT2D eigenvalue weighted by Gasteiger charge is -2.17. The van der Waals surface area contributed by atoms with Gasteiger partial charge >= 0.3 is 0 Å². The summed E-state index contributed by atoms with van der Waals surface area (Å²) in [6, 6.07) is 10.8. The molecular weight excluding hydrogens is 362 g/mol. The molecule has 0 spiro atoms. The molecule has 0 heterocycles. The third-order valence-electron chi connectivity index (χ3n) is 4.32. The number of anilines is 1. The Balaban J connectivity index is 2.36. The highest BCUT2D eigenvalue weighted by Crippen LogP contribution is 2.24. The standard InChI is InChI=1S/C20H27N3O3S/c1-14-10-17(12-19(15(14)2)27(25,26)23(5)6)20(24)21-18-9-7-8-16(11-18)13-22(3)4/h7-12H,13H2,1-6H3,(H,21,24). The quantitative estimate of drug-likeness (QED) is 0.825. The highest BCUT2D eigenvalue weighted by Gasteiger charge is 2.23. The lowest BCUT2D eigenvalue weighted by atomic mass is 10.1. The molecule has 0 aromatic heterocycles. The third-order valence-corrected chi connectivity index (χ3v) is 6.27. The number of hydrogen-bond donors (Lipinski definition) is 1. The summed E-state index contributed by atoms with van der Waals surface area (Å²) in [4.78, 5) is 14.9. The zero-order valence-electron chi connectivity index (χ0n) is 16.7. The van der Waals surface area contributed by atoms with Crippen LogP contribution in [0.1, 0.15) is 27.0 Å². The number of hydrogen-bond acceptors (Lipinski definition) is 4. The van der Waals surface area contributed by atoms with E-state index in [-0.39, 0.29) is 10.8 Å². The zero-order valence-corrected chi connectivity index (χ0v) is 17.5. The number of carbonyl (C=O) groups is 1. The lowest BCUT2D eigenvalue weighted by molar-refractivity contribution is 0.102. The molecular formula is C20H27N3O3S. The van der Waals surface area contributed by atoms with Gasteiger partial charge in [0.15, 0.2) is 0 Å². The molecule has 0 unspecified atom stereocenters. The first-order chi connectivity index (χ1) is 12.5. The summed E-state index contributed by atoms with van der Waals surface area (Å²) in [5.41, 5.74) is 3.47. The monoisotopic (exact) mass is 389 g/mol. The van der Waals surface area contributed by atoms with Gasteiger partial charge in [0.05, 0.1) is 4.90 Å². The molecule has 0 saturated heterocycles. The number of benzene rings is 2. The summed E-state index contributed by atoms with van der Waals surface area (Å²) in [5, 5.41) is 2.86. The highest BCUT2D eigenvalue weighted by molar-refractivity contribution is 7.89. The van der Waals surface area contributed by atoms with Gasteiger partial charge in [0.1, 0.15) is 0 Å². The summed E-state index contributed by atoms with van der Waals surface area (Å²) in [7, 11) is 3.29. The van der Waals surface area contributed by atoms with E-state index in [4.69, 9.17) is 0 Å². The molecule has 0 aliphatic rings. The number of rotatable bonds is 6. The Bertz CT molecular complexity index is 951. The van der Waals surface area contributed by atoms with Gasteiger partial charge in [-0.25, -0.2) is 12.7 Å². The summed E-state index contributed by atoms with van der Waals surface area (Å²) in [6.45, 7) is 4.31. The van der Waals surface area contributed by atoms with E-state index in [0.29, 0.717) is 16.8 Å². The van der Waals surface area contributed by atoms with E-state index in [2.05, 4.69) is 5.32 Å². The Morgan fingerprint density at radius 2 is 1.70 bits per heavy atom. The Morgan fingerprint density at radius 1 is 1.04 bits per heavy atom. The van der Waals surface area contributed by atoms with Gasteiger partial charge in [0, 0.05) is 31.9 Å². The normalized spacial score (nSPS) is 11.9. The maximum atomic E-state index is 12.7. The average molecular weight is 390 g/mol. The van der Waals surface area contributed by atoms with E-state index in [0.717, 1.165) is 22.0 Å². The largest absolute Gasteiger partial charge is 0.322 e. The molecule has 2 aromatic carbocycles. The van der Waals surface area contributed by atoms with Crippen LogP contribution in [0.5, 0.6) is 0 Å². The van der Waals surface area contributed by atoms with Gasteiger partial charge < -0.3 is 10.2 Å². The molecule has 6 nitrogen and oxygen atoms in total. The Labute approximate surface area is 161 Å². The predicted octanol–water partition coefficient (Wildman–Crippen LogP) is 2.87. The number of carbonyl (C=O) groups excluding carboxylic acids is 1. The van der Waals surface area contributed by atoms with Crippen molar-refractivity contribution in [1.29, 1.82) is 0 Å². The maximum absolute atomic E-state index is 12.7. The number of nitrogens with one attached hydrogen (secondary N) is 1. The third kappa shape index (κ3) is 4.94. The lowest BCUT2D eigenvalue weighted by Crippen LogP contribution is -2.24. The van der Waals surface area contributed by atoms with Gasteiger partial charge in [-0.2, -0.15) is 0 Å². The van der Waals surface area contributed by atoms with Crippen LogP contribution in [0.4, 0.5) is 5.69 Å². The van der Waals surface area contributed by atoms with E-state index in [9.17, 15) is 13.2 Å². The molecule has 146 valence electrons. The van der Waals surface area contributed by atoms with Crippen molar-refractivity contribution < 1.29 is 13.2 Å². The molecule has 0 fully saturated rings. The number of amides is 1. The van der Waals surface area contributed by atoms with E-state index < -0.39 is 10.0 Å². The second kappa shape index (κ2) is 8.21. The van der Waals surface area contributed by atoms with Gasteiger partial charge in [0.25, 0.3) is 5.91 Å². The maximum Gasteiger partial charge on any atom is 0.255 e. The fourth-order valence-corrected chi connectivity index (χ4v) is 3.96. The first-order valence-corrected chi connectivity index (χ1v) is 10.0. The van der Waals surface area contributed by atoms with Crippen molar-refractivity contribution in [2.45, 2.75) is 25.3 Å². The molecule has 27 heavy (non-hydrogen) atoms. The molecule has 0 aliphatic heterocycles. The predicted molar refractivity (Wildman–Crippen MR) is 109 cm³/mol. The van der Waals surface area contributed by atoms with Crippen LogP contribution in [0.2, 0.25) is 0 Å². The van der Waals surface area contributed by atoms with Crippen LogP contribution in [0.3, 0.4) is 0 Å². The van der Waals surface area contributed by atoms with Crippen LogP contribution in [0, 0.1) is 13.8 Å². The van der Waals surface area contributed by atoms with Crippen molar-refractivity contribution in [3.8, 4) is 0 Å². The van der Waals surface area contributed by atoms with Crippen molar-refractivity contribution in [3.05, 3.63) is 58.7 Å². The molecule has 0 bridgehead atoms. The molecule has 0 atom stereocenters.